The summed E-state index contributed by atoms with van der Waals surface area (Å²) in [7, 11) is 1.48. The first-order valence-electron chi connectivity index (χ1n) is 8.24. The van der Waals surface area contributed by atoms with Crippen LogP contribution in [0.4, 0.5) is 10.5 Å². The molecule has 0 aliphatic heterocycles. The van der Waals surface area contributed by atoms with Crippen LogP contribution in [0.15, 0.2) is 71.1 Å². The Bertz CT molecular complexity index is 972. The van der Waals surface area contributed by atoms with Crippen LogP contribution in [0.5, 0.6) is 11.5 Å². The van der Waals surface area contributed by atoms with Crippen molar-refractivity contribution in [3.8, 4) is 11.5 Å². The van der Waals surface area contributed by atoms with E-state index in [4.69, 9.17) is 9.47 Å². The molecule has 0 radical (unpaired) electrons. The van der Waals surface area contributed by atoms with Gasteiger partial charge in [-0.2, -0.15) is 5.10 Å². The van der Waals surface area contributed by atoms with Gasteiger partial charge in [-0.1, -0.05) is 24.3 Å². The third-order valence-electron chi connectivity index (χ3n) is 3.52. The largest absolute Gasteiger partial charge is 0.493 e. The molecular formula is C20H17N3O4S. The van der Waals surface area contributed by atoms with E-state index in [-0.39, 0.29) is 0 Å². The van der Waals surface area contributed by atoms with E-state index in [1.165, 1.54) is 24.7 Å². The van der Waals surface area contributed by atoms with E-state index in [0.29, 0.717) is 27.6 Å². The molecule has 28 heavy (non-hydrogen) atoms. The van der Waals surface area contributed by atoms with E-state index < -0.39 is 12.0 Å². The molecule has 142 valence electrons. The number of anilines is 1. The first-order chi connectivity index (χ1) is 13.7. The fourth-order valence-corrected chi connectivity index (χ4v) is 2.84. The molecule has 1 aromatic heterocycles. The Balaban J connectivity index is 1.60. The summed E-state index contributed by atoms with van der Waals surface area (Å²) >= 11 is 1.30. The highest BCUT2D eigenvalue weighted by Gasteiger charge is 2.13. The van der Waals surface area contributed by atoms with Crippen molar-refractivity contribution in [3.63, 3.8) is 0 Å². The lowest BCUT2D eigenvalue weighted by Crippen LogP contribution is -2.24. The number of methoxy groups -OCH3 is 1. The second kappa shape index (κ2) is 9.33. The van der Waals surface area contributed by atoms with E-state index in [9.17, 15) is 9.59 Å². The van der Waals surface area contributed by atoms with Crippen LogP contribution in [0, 0.1) is 0 Å². The molecule has 0 saturated carbocycles. The average molecular weight is 395 g/mol. The van der Waals surface area contributed by atoms with Gasteiger partial charge in [-0.15, -0.1) is 11.3 Å². The minimum absolute atomic E-state index is 0.299. The number of hydrogen-bond acceptors (Lipinski definition) is 6. The van der Waals surface area contributed by atoms with Gasteiger partial charge < -0.3 is 14.8 Å². The normalized spacial score (nSPS) is 10.5. The average Bonchev–Trinajstić information content (AvgIpc) is 3.25. The van der Waals surface area contributed by atoms with Gasteiger partial charge in [-0.25, -0.2) is 15.0 Å². The minimum atomic E-state index is -0.462. The number of esters is 1. The molecule has 2 aromatic carbocycles. The molecule has 0 aliphatic rings. The van der Waals surface area contributed by atoms with Gasteiger partial charge in [0.25, 0.3) is 0 Å². The minimum Gasteiger partial charge on any atom is -0.493 e. The maximum atomic E-state index is 12.1. The molecule has 0 fully saturated rings. The number of benzene rings is 2. The molecule has 3 rings (SSSR count). The predicted molar refractivity (Wildman–Crippen MR) is 108 cm³/mol. The Morgan fingerprint density at radius 2 is 1.86 bits per heavy atom. The second-order valence-corrected chi connectivity index (χ2v) is 6.41. The number of para-hydroxylation sites is 1. The number of carbonyl (C=O) groups excluding carboxylic acids is 2. The smallest absolute Gasteiger partial charge is 0.353 e. The van der Waals surface area contributed by atoms with Gasteiger partial charge in [0.15, 0.2) is 11.5 Å². The summed E-state index contributed by atoms with van der Waals surface area (Å²) < 4.78 is 10.6. The third kappa shape index (κ3) is 5.18. The standard InChI is InChI=1S/C20H17N3O4S/c1-26-17-12-14(9-10-16(17)27-19(24)18-8-5-11-28-18)13-21-23-20(25)22-15-6-3-2-4-7-15/h2-13H,1H3,(H2,22,23,25)/b21-13+. The fourth-order valence-electron chi connectivity index (χ4n) is 2.24. The monoisotopic (exact) mass is 395 g/mol. The van der Waals surface area contributed by atoms with Crippen molar-refractivity contribution in [1.82, 2.24) is 5.43 Å². The molecule has 0 unspecified atom stereocenters. The van der Waals surface area contributed by atoms with Crippen LogP contribution in [-0.2, 0) is 0 Å². The van der Waals surface area contributed by atoms with Crippen LogP contribution in [0.25, 0.3) is 0 Å². The van der Waals surface area contributed by atoms with Gasteiger partial charge >= 0.3 is 12.0 Å². The molecule has 7 nitrogen and oxygen atoms in total. The van der Waals surface area contributed by atoms with Gasteiger partial charge in [0.05, 0.1) is 13.3 Å². The Morgan fingerprint density at radius 1 is 1.04 bits per heavy atom. The number of urea groups is 1. The van der Waals surface area contributed by atoms with Crippen LogP contribution >= 0.6 is 11.3 Å². The maximum Gasteiger partial charge on any atom is 0.353 e. The molecule has 8 heteroatoms. The van der Waals surface area contributed by atoms with Crippen molar-refractivity contribution < 1.29 is 19.1 Å². The number of hydrogen-bond donors (Lipinski definition) is 2. The lowest BCUT2D eigenvalue weighted by Gasteiger charge is -2.09. The fraction of sp³-hybridized carbons (Fsp3) is 0.0500. The molecule has 0 aliphatic carbocycles. The van der Waals surface area contributed by atoms with Gasteiger partial charge in [0.1, 0.15) is 4.88 Å². The van der Waals surface area contributed by atoms with E-state index >= 15 is 0 Å². The molecule has 3 aromatic rings. The number of amides is 2. The SMILES string of the molecule is COc1cc(/C=N/NC(=O)Nc2ccccc2)ccc1OC(=O)c1cccs1. The van der Waals surface area contributed by atoms with Crippen molar-refractivity contribution >= 4 is 35.2 Å². The van der Waals surface area contributed by atoms with Gasteiger partial charge in [0.2, 0.25) is 0 Å². The number of thiophene rings is 1. The molecule has 2 N–H and O–H groups in total. The van der Waals surface area contributed by atoms with E-state index in [1.54, 1.807) is 47.8 Å². The Hall–Kier alpha value is -3.65. The lowest BCUT2D eigenvalue weighted by molar-refractivity contribution is 0.0735. The van der Waals surface area contributed by atoms with Crippen LogP contribution < -0.4 is 20.2 Å². The van der Waals surface area contributed by atoms with Crippen molar-refractivity contribution in [2.75, 3.05) is 12.4 Å². The molecule has 2 amide bonds. The van der Waals surface area contributed by atoms with E-state index in [0.717, 1.165) is 0 Å². The highest BCUT2D eigenvalue weighted by Crippen LogP contribution is 2.28. The summed E-state index contributed by atoms with van der Waals surface area (Å²) in [4.78, 5) is 24.4. The Morgan fingerprint density at radius 3 is 2.57 bits per heavy atom. The molecule has 0 atom stereocenters. The predicted octanol–water partition coefficient (Wildman–Crippen LogP) is 4.13. The third-order valence-corrected chi connectivity index (χ3v) is 4.37. The van der Waals surface area contributed by atoms with E-state index in [1.807, 2.05) is 18.2 Å². The van der Waals surface area contributed by atoms with Crippen molar-refractivity contribution in [3.05, 3.63) is 76.5 Å². The van der Waals surface area contributed by atoms with E-state index in [2.05, 4.69) is 15.8 Å². The van der Waals surface area contributed by atoms with Crippen LogP contribution in [0.2, 0.25) is 0 Å². The number of carbonyl (C=O) groups is 2. The lowest BCUT2D eigenvalue weighted by atomic mass is 10.2. The number of rotatable bonds is 6. The Labute approximate surface area is 165 Å². The Kier molecular flexibility index (Phi) is 6.37. The zero-order chi connectivity index (χ0) is 19.8. The number of hydrazone groups is 1. The summed E-state index contributed by atoms with van der Waals surface area (Å²) in [5.41, 5.74) is 3.70. The summed E-state index contributed by atoms with van der Waals surface area (Å²) in [6.07, 6.45) is 1.46. The summed E-state index contributed by atoms with van der Waals surface area (Å²) in [5.74, 6) is 0.226. The maximum absolute atomic E-state index is 12.1. The van der Waals surface area contributed by atoms with Crippen molar-refractivity contribution in [2.24, 2.45) is 5.10 Å². The number of nitrogens with one attached hydrogen (secondary N) is 2. The summed E-state index contributed by atoms with van der Waals surface area (Å²) in [6.45, 7) is 0. The van der Waals surface area contributed by atoms with Crippen molar-refractivity contribution in [1.29, 1.82) is 0 Å². The van der Waals surface area contributed by atoms with Crippen LogP contribution in [0.3, 0.4) is 0 Å². The van der Waals surface area contributed by atoms with Crippen LogP contribution in [-0.4, -0.2) is 25.3 Å². The molecular weight excluding hydrogens is 378 g/mol. The zero-order valence-corrected chi connectivity index (χ0v) is 15.7. The first-order valence-corrected chi connectivity index (χ1v) is 9.12. The molecule has 0 spiro atoms. The molecule has 0 saturated heterocycles. The quantitative estimate of drug-likeness (QED) is 0.284. The van der Waals surface area contributed by atoms with Gasteiger partial charge in [0, 0.05) is 5.69 Å². The molecule has 1 heterocycles. The number of nitrogens with zero attached hydrogens (tertiary/aromatic N) is 1. The topological polar surface area (TPSA) is 89.0 Å². The highest BCUT2D eigenvalue weighted by atomic mass is 32.1. The van der Waals surface area contributed by atoms with Crippen LogP contribution in [0.1, 0.15) is 15.2 Å². The highest BCUT2D eigenvalue weighted by molar-refractivity contribution is 7.12. The summed E-state index contributed by atoms with van der Waals surface area (Å²) in [5, 5.41) is 8.35. The van der Waals surface area contributed by atoms with Crippen molar-refractivity contribution in [2.45, 2.75) is 0 Å². The van der Waals surface area contributed by atoms with Gasteiger partial charge in [-0.3, -0.25) is 0 Å². The summed E-state index contributed by atoms with van der Waals surface area (Å²) in [6, 6.07) is 17.0. The second-order valence-electron chi connectivity index (χ2n) is 5.47. The van der Waals surface area contributed by atoms with Gasteiger partial charge in [-0.05, 0) is 47.3 Å². The first kappa shape index (κ1) is 19.1. The molecule has 0 bridgehead atoms. The zero-order valence-electron chi connectivity index (χ0n) is 14.9. The number of ether oxygens (including phenoxy) is 2.